The average molecular weight is 223 g/mol. The Labute approximate surface area is 93.2 Å². The summed E-state index contributed by atoms with van der Waals surface area (Å²) in [6.45, 7) is 0. The van der Waals surface area contributed by atoms with Crippen LogP contribution in [0.1, 0.15) is 30.7 Å². The molecule has 0 bridgehead atoms. The van der Waals surface area contributed by atoms with Crippen LogP contribution in [0.4, 0.5) is 0 Å². The maximum Gasteiger partial charge on any atom is 0.198 e. The first kappa shape index (κ1) is 10.4. The van der Waals surface area contributed by atoms with Gasteiger partial charge in [0, 0.05) is 17.9 Å². The van der Waals surface area contributed by atoms with Crippen LogP contribution in [0.15, 0.2) is 24.3 Å². The fourth-order valence-electron chi connectivity index (χ4n) is 1.96. The van der Waals surface area contributed by atoms with Gasteiger partial charge in [-0.3, -0.25) is 9.59 Å². The summed E-state index contributed by atoms with van der Waals surface area (Å²) in [7, 11) is 0. The number of hydrogen-bond donors (Lipinski definition) is 0. The summed E-state index contributed by atoms with van der Waals surface area (Å²) < 4.78 is 0. The number of hydrogen-bond acceptors (Lipinski definition) is 2. The van der Waals surface area contributed by atoms with E-state index in [2.05, 4.69) is 0 Å². The van der Waals surface area contributed by atoms with E-state index >= 15 is 0 Å². The molecule has 0 spiro atoms. The first-order chi connectivity index (χ1) is 7.18. The predicted octanol–water partition coefficient (Wildman–Crippen LogP) is 2.75. The van der Waals surface area contributed by atoms with Crippen molar-refractivity contribution in [3.63, 3.8) is 0 Å². The Morgan fingerprint density at radius 2 is 1.87 bits per heavy atom. The standard InChI is InChI=1S/C12H11ClO2/c13-10-4-2-1-3-9(10)8-5-6-11(14)12(15)7-8/h1-4,8H,5-7H2. The van der Waals surface area contributed by atoms with Crippen LogP contribution in [-0.4, -0.2) is 11.6 Å². The highest BCUT2D eigenvalue weighted by atomic mass is 35.5. The smallest absolute Gasteiger partial charge is 0.198 e. The molecule has 78 valence electrons. The first-order valence-corrected chi connectivity index (χ1v) is 5.36. The quantitative estimate of drug-likeness (QED) is 0.685. The fourth-order valence-corrected chi connectivity index (χ4v) is 2.25. The van der Waals surface area contributed by atoms with Gasteiger partial charge in [0.25, 0.3) is 0 Å². The third kappa shape index (κ3) is 2.10. The molecule has 1 aliphatic rings. The zero-order valence-electron chi connectivity index (χ0n) is 8.20. The third-order valence-corrected chi connectivity index (χ3v) is 3.15. The second-order valence-corrected chi connectivity index (χ2v) is 4.21. The number of ketones is 2. The van der Waals surface area contributed by atoms with Crippen molar-refractivity contribution in [2.45, 2.75) is 25.2 Å². The van der Waals surface area contributed by atoms with Crippen molar-refractivity contribution in [3.05, 3.63) is 34.9 Å². The number of benzene rings is 1. The normalized spacial score (nSPS) is 21.8. The zero-order chi connectivity index (χ0) is 10.8. The SMILES string of the molecule is O=C1CCC(c2ccccc2Cl)CC1=O. The molecule has 0 amide bonds. The van der Waals surface area contributed by atoms with Gasteiger partial charge in [-0.15, -0.1) is 0 Å². The van der Waals surface area contributed by atoms with Crippen LogP contribution in [0.2, 0.25) is 5.02 Å². The Bertz CT molecular complexity index is 412. The molecule has 0 radical (unpaired) electrons. The molecule has 1 fully saturated rings. The van der Waals surface area contributed by atoms with Gasteiger partial charge in [0.1, 0.15) is 0 Å². The van der Waals surface area contributed by atoms with E-state index in [4.69, 9.17) is 11.6 Å². The Hall–Kier alpha value is -1.15. The minimum atomic E-state index is -0.258. The lowest BCUT2D eigenvalue weighted by Gasteiger charge is -2.21. The van der Waals surface area contributed by atoms with Gasteiger partial charge in [0.05, 0.1) is 0 Å². The lowest BCUT2D eigenvalue weighted by molar-refractivity contribution is -0.138. The summed E-state index contributed by atoms with van der Waals surface area (Å²) in [5.74, 6) is -0.381. The molecular weight excluding hydrogens is 212 g/mol. The van der Waals surface area contributed by atoms with E-state index in [1.807, 2.05) is 24.3 Å². The van der Waals surface area contributed by atoms with E-state index in [0.29, 0.717) is 17.9 Å². The van der Waals surface area contributed by atoms with Gasteiger partial charge in [0.15, 0.2) is 11.6 Å². The molecule has 1 unspecified atom stereocenters. The highest BCUT2D eigenvalue weighted by molar-refractivity contribution is 6.38. The van der Waals surface area contributed by atoms with E-state index in [1.165, 1.54) is 0 Å². The molecule has 0 heterocycles. The number of carbonyl (C=O) groups excluding carboxylic acids is 2. The fraction of sp³-hybridized carbons (Fsp3) is 0.333. The Morgan fingerprint density at radius 3 is 2.53 bits per heavy atom. The largest absolute Gasteiger partial charge is 0.291 e. The molecule has 0 aromatic heterocycles. The van der Waals surface area contributed by atoms with Crippen molar-refractivity contribution in [2.24, 2.45) is 0 Å². The number of halogens is 1. The maximum absolute atomic E-state index is 11.3. The van der Waals surface area contributed by atoms with Crippen LogP contribution in [0.25, 0.3) is 0 Å². The van der Waals surface area contributed by atoms with Gasteiger partial charge in [-0.2, -0.15) is 0 Å². The number of rotatable bonds is 1. The molecule has 0 aliphatic heterocycles. The van der Waals surface area contributed by atoms with Crippen molar-refractivity contribution in [3.8, 4) is 0 Å². The van der Waals surface area contributed by atoms with Gasteiger partial charge >= 0.3 is 0 Å². The summed E-state index contributed by atoms with van der Waals surface area (Å²) in [4.78, 5) is 22.4. The van der Waals surface area contributed by atoms with E-state index in [-0.39, 0.29) is 17.5 Å². The van der Waals surface area contributed by atoms with Crippen LogP contribution in [-0.2, 0) is 9.59 Å². The lowest BCUT2D eigenvalue weighted by Crippen LogP contribution is -2.23. The highest BCUT2D eigenvalue weighted by Gasteiger charge is 2.28. The molecule has 0 saturated heterocycles. The molecule has 1 aromatic carbocycles. The summed E-state index contributed by atoms with van der Waals surface area (Å²) in [6, 6.07) is 7.51. The molecule has 2 rings (SSSR count). The van der Waals surface area contributed by atoms with Gasteiger partial charge in [0.2, 0.25) is 0 Å². The highest BCUT2D eigenvalue weighted by Crippen LogP contribution is 2.33. The second kappa shape index (κ2) is 4.15. The van der Waals surface area contributed by atoms with Crippen LogP contribution in [0.3, 0.4) is 0 Å². The predicted molar refractivity (Wildman–Crippen MR) is 58.1 cm³/mol. The Balaban J connectivity index is 2.23. The molecule has 1 atom stereocenters. The van der Waals surface area contributed by atoms with E-state index in [0.717, 1.165) is 12.0 Å². The number of carbonyl (C=O) groups is 2. The zero-order valence-corrected chi connectivity index (χ0v) is 8.96. The molecule has 0 N–H and O–H groups in total. The van der Waals surface area contributed by atoms with Crippen molar-refractivity contribution in [2.75, 3.05) is 0 Å². The van der Waals surface area contributed by atoms with Gasteiger partial charge in [-0.1, -0.05) is 29.8 Å². The van der Waals surface area contributed by atoms with Crippen molar-refractivity contribution >= 4 is 23.2 Å². The Morgan fingerprint density at radius 1 is 1.13 bits per heavy atom. The van der Waals surface area contributed by atoms with Crippen LogP contribution >= 0.6 is 11.6 Å². The average Bonchev–Trinajstić information content (AvgIpc) is 2.23. The van der Waals surface area contributed by atoms with Crippen LogP contribution in [0, 0.1) is 0 Å². The summed E-state index contributed by atoms with van der Waals surface area (Å²) in [5, 5.41) is 0.685. The van der Waals surface area contributed by atoms with Gasteiger partial charge in [-0.05, 0) is 24.0 Å². The van der Waals surface area contributed by atoms with Gasteiger partial charge in [-0.25, -0.2) is 0 Å². The van der Waals surface area contributed by atoms with Crippen molar-refractivity contribution in [1.82, 2.24) is 0 Å². The van der Waals surface area contributed by atoms with Crippen molar-refractivity contribution in [1.29, 1.82) is 0 Å². The van der Waals surface area contributed by atoms with E-state index < -0.39 is 0 Å². The number of Topliss-reactive ketones (excluding diaryl/α,β-unsaturated/α-hetero) is 2. The molecule has 3 heteroatoms. The van der Waals surface area contributed by atoms with Crippen LogP contribution in [0.5, 0.6) is 0 Å². The van der Waals surface area contributed by atoms with Crippen LogP contribution < -0.4 is 0 Å². The topological polar surface area (TPSA) is 34.1 Å². The third-order valence-electron chi connectivity index (χ3n) is 2.81. The molecular formula is C12H11ClO2. The second-order valence-electron chi connectivity index (χ2n) is 3.81. The van der Waals surface area contributed by atoms with Crippen molar-refractivity contribution < 1.29 is 9.59 Å². The minimum absolute atomic E-state index is 0.115. The molecule has 1 saturated carbocycles. The molecule has 1 aromatic rings. The minimum Gasteiger partial charge on any atom is -0.291 e. The summed E-state index contributed by atoms with van der Waals surface area (Å²) in [5.41, 5.74) is 0.986. The molecule has 15 heavy (non-hydrogen) atoms. The maximum atomic E-state index is 11.3. The lowest BCUT2D eigenvalue weighted by atomic mass is 9.83. The van der Waals surface area contributed by atoms with E-state index in [9.17, 15) is 9.59 Å². The molecule has 2 nitrogen and oxygen atoms in total. The summed E-state index contributed by atoms with van der Waals surface area (Å²) >= 11 is 6.05. The first-order valence-electron chi connectivity index (χ1n) is 4.99. The monoisotopic (exact) mass is 222 g/mol. The molecule has 1 aliphatic carbocycles. The summed E-state index contributed by atoms with van der Waals surface area (Å²) in [6.07, 6.45) is 1.39. The van der Waals surface area contributed by atoms with Gasteiger partial charge < -0.3 is 0 Å². The Kier molecular flexibility index (Phi) is 2.87. The van der Waals surface area contributed by atoms with E-state index in [1.54, 1.807) is 0 Å².